The maximum atomic E-state index is 9.45. The van der Waals surface area contributed by atoms with Gasteiger partial charge in [0.1, 0.15) is 6.10 Å². The van der Waals surface area contributed by atoms with Crippen LogP contribution in [0.2, 0.25) is 0 Å². The van der Waals surface area contributed by atoms with Crippen molar-refractivity contribution in [2.45, 2.75) is 77.7 Å². The average molecular weight is 318 g/mol. The summed E-state index contributed by atoms with van der Waals surface area (Å²) in [5.41, 5.74) is 10.6. The first kappa shape index (κ1) is 22.9. The molecule has 0 aromatic carbocycles. The van der Waals surface area contributed by atoms with Gasteiger partial charge in [-0.25, -0.2) is 10.2 Å². The minimum absolute atomic E-state index is 0.0177. The van der Waals surface area contributed by atoms with Crippen LogP contribution in [0.3, 0.4) is 0 Å². The smallest absolute Gasteiger partial charge is 0.332 e. The number of carboxylic acid groups (broad SMARTS) is 1. The third-order valence-corrected chi connectivity index (χ3v) is 2.99. The lowest BCUT2D eigenvalue weighted by Crippen LogP contribution is -2.41. The van der Waals surface area contributed by atoms with Crippen LogP contribution >= 0.6 is 0 Å². The van der Waals surface area contributed by atoms with E-state index in [1.807, 2.05) is 0 Å². The largest absolute Gasteiger partial charge is 0.479 e. The molecule has 0 aliphatic carbocycles. The number of aliphatic carboxylic acids is 1. The standard InChI is InChI=1S/C12H28N4.C3H6O3/c1-2-3-4-5-6-7-8-9-10-11-15-16-12(13)14;1-2(4)3(5)6/h15H,2-11H2,1H3,(H4,13,14,16);2,4H,1H3,(H,5,6). The number of aliphatic hydroxyl groups is 1. The molecule has 1 atom stereocenters. The summed E-state index contributed by atoms with van der Waals surface area (Å²) in [5.74, 6) is -1.20. The number of guanidine groups is 1. The summed E-state index contributed by atoms with van der Waals surface area (Å²) < 4.78 is 0. The first-order valence-electron chi connectivity index (χ1n) is 8.15. The van der Waals surface area contributed by atoms with Crippen LogP contribution in [0.4, 0.5) is 0 Å². The van der Waals surface area contributed by atoms with Crippen molar-refractivity contribution in [3.05, 3.63) is 0 Å². The molecule has 7 heteroatoms. The van der Waals surface area contributed by atoms with Crippen LogP contribution in [-0.2, 0) is 4.79 Å². The molecule has 132 valence electrons. The van der Waals surface area contributed by atoms with Gasteiger partial charge in [-0.3, -0.25) is 10.8 Å². The summed E-state index contributed by atoms with van der Waals surface area (Å²) in [6.45, 7) is 4.33. The fourth-order valence-electron chi connectivity index (χ4n) is 1.68. The fraction of sp³-hybridized carbons (Fsp3) is 0.867. The van der Waals surface area contributed by atoms with Crippen LogP contribution < -0.4 is 16.6 Å². The van der Waals surface area contributed by atoms with E-state index in [4.69, 9.17) is 21.4 Å². The van der Waals surface area contributed by atoms with Gasteiger partial charge in [-0.2, -0.15) is 0 Å². The number of aliphatic hydroxyl groups excluding tert-OH is 1. The SMILES string of the molecule is CC(O)C(=O)O.CCCCCCCCCCCNNC(=N)N. The lowest BCUT2D eigenvalue weighted by molar-refractivity contribution is -0.145. The molecule has 7 N–H and O–H groups in total. The fourth-order valence-corrected chi connectivity index (χ4v) is 1.68. The number of nitrogens with two attached hydrogens (primary N) is 1. The quantitative estimate of drug-likeness (QED) is 0.141. The molecule has 0 saturated carbocycles. The lowest BCUT2D eigenvalue weighted by Gasteiger charge is -2.05. The monoisotopic (exact) mass is 318 g/mol. The normalized spacial score (nSPS) is 11.2. The molecule has 0 saturated heterocycles. The van der Waals surface area contributed by atoms with E-state index in [1.165, 1.54) is 58.3 Å². The van der Waals surface area contributed by atoms with Gasteiger partial charge in [-0.1, -0.05) is 58.3 Å². The molecule has 0 bridgehead atoms. The molecular formula is C15H34N4O3. The third kappa shape index (κ3) is 23.7. The minimum Gasteiger partial charge on any atom is -0.479 e. The lowest BCUT2D eigenvalue weighted by atomic mass is 10.1. The number of nitrogens with one attached hydrogen (secondary N) is 3. The predicted octanol–water partition coefficient (Wildman–Crippen LogP) is 1.96. The zero-order valence-electron chi connectivity index (χ0n) is 14.0. The molecule has 7 nitrogen and oxygen atoms in total. The highest BCUT2D eigenvalue weighted by atomic mass is 16.4. The number of unbranched alkanes of at least 4 members (excludes halogenated alkanes) is 8. The maximum absolute atomic E-state index is 9.45. The Balaban J connectivity index is 0. The van der Waals surface area contributed by atoms with Crippen molar-refractivity contribution in [1.29, 1.82) is 5.41 Å². The van der Waals surface area contributed by atoms with E-state index in [0.717, 1.165) is 13.0 Å². The Kier molecular flexibility index (Phi) is 18.5. The summed E-state index contributed by atoms with van der Waals surface area (Å²) in [7, 11) is 0. The molecule has 1 unspecified atom stereocenters. The van der Waals surface area contributed by atoms with Crippen molar-refractivity contribution < 1.29 is 15.0 Å². The Morgan fingerprint density at radius 1 is 1.09 bits per heavy atom. The predicted molar refractivity (Wildman–Crippen MR) is 89.6 cm³/mol. The van der Waals surface area contributed by atoms with E-state index >= 15 is 0 Å². The molecule has 0 aliphatic rings. The van der Waals surface area contributed by atoms with Gasteiger partial charge in [-0.15, -0.1) is 0 Å². The highest BCUT2D eigenvalue weighted by Crippen LogP contribution is 2.08. The molecular weight excluding hydrogens is 284 g/mol. The number of carbonyl (C=O) groups is 1. The molecule has 0 amide bonds. The van der Waals surface area contributed by atoms with Crippen LogP contribution in [0.25, 0.3) is 0 Å². The van der Waals surface area contributed by atoms with Crippen molar-refractivity contribution in [2.75, 3.05) is 6.54 Å². The molecule has 0 spiro atoms. The first-order valence-corrected chi connectivity index (χ1v) is 8.15. The van der Waals surface area contributed by atoms with Crippen molar-refractivity contribution in [1.82, 2.24) is 10.9 Å². The van der Waals surface area contributed by atoms with E-state index in [9.17, 15) is 4.79 Å². The second-order valence-electron chi connectivity index (χ2n) is 5.31. The van der Waals surface area contributed by atoms with E-state index < -0.39 is 12.1 Å². The molecule has 0 aliphatic heterocycles. The zero-order chi connectivity index (χ0) is 17.2. The highest BCUT2D eigenvalue weighted by molar-refractivity contribution is 5.73. The van der Waals surface area contributed by atoms with Crippen LogP contribution in [0.15, 0.2) is 0 Å². The Labute approximate surface area is 134 Å². The van der Waals surface area contributed by atoms with Gasteiger partial charge < -0.3 is 15.9 Å². The van der Waals surface area contributed by atoms with Crippen LogP contribution in [0.1, 0.15) is 71.6 Å². The van der Waals surface area contributed by atoms with E-state index in [2.05, 4.69) is 17.8 Å². The van der Waals surface area contributed by atoms with Gasteiger partial charge in [0.2, 0.25) is 0 Å². The molecule has 0 fully saturated rings. The Morgan fingerprint density at radius 2 is 1.50 bits per heavy atom. The van der Waals surface area contributed by atoms with Crippen LogP contribution in [0.5, 0.6) is 0 Å². The summed E-state index contributed by atoms with van der Waals surface area (Å²) >= 11 is 0. The Bertz CT molecular complexity index is 274. The summed E-state index contributed by atoms with van der Waals surface area (Å²) in [5, 5.41) is 22.7. The summed E-state index contributed by atoms with van der Waals surface area (Å²) in [6.07, 6.45) is 10.8. The Hall–Kier alpha value is -1.34. The second-order valence-corrected chi connectivity index (χ2v) is 5.31. The van der Waals surface area contributed by atoms with Gasteiger partial charge in [0.15, 0.2) is 5.96 Å². The molecule has 22 heavy (non-hydrogen) atoms. The van der Waals surface area contributed by atoms with E-state index in [-0.39, 0.29) is 5.96 Å². The Morgan fingerprint density at radius 3 is 1.86 bits per heavy atom. The van der Waals surface area contributed by atoms with Gasteiger partial charge in [0.25, 0.3) is 0 Å². The average Bonchev–Trinajstić information content (AvgIpc) is 2.45. The number of hydrazine groups is 1. The zero-order valence-corrected chi connectivity index (χ0v) is 14.0. The van der Waals surface area contributed by atoms with Crippen LogP contribution in [0, 0.1) is 5.41 Å². The van der Waals surface area contributed by atoms with Gasteiger partial charge in [0, 0.05) is 6.54 Å². The first-order chi connectivity index (χ1) is 10.4. The topological polar surface area (TPSA) is 131 Å². The number of hydrogen-bond acceptors (Lipinski definition) is 4. The van der Waals surface area contributed by atoms with Crippen molar-refractivity contribution >= 4 is 11.9 Å². The number of carboxylic acids is 1. The second kappa shape index (κ2) is 17.7. The molecule has 0 aromatic rings. The third-order valence-electron chi connectivity index (χ3n) is 2.99. The minimum atomic E-state index is -1.23. The number of hydrogen-bond donors (Lipinski definition) is 6. The highest BCUT2D eigenvalue weighted by Gasteiger charge is 2.01. The molecule has 0 radical (unpaired) electrons. The van der Waals surface area contributed by atoms with Gasteiger partial charge in [0.05, 0.1) is 0 Å². The molecule has 0 rings (SSSR count). The van der Waals surface area contributed by atoms with Crippen molar-refractivity contribution in [2.24, 2.45) is 5.73 Å². The summed E-state index contributed by atoms with van der Waals surface area (Å²) in [6, 6.07) is 0. The molecule has 0 aromatic heterocycles. The van der Waals surface area contributed by atoms with E-state index in [0.29, 0.717) is 0 Å². The van der Waals surface area contributed by atoms with E-state index in [1.54, 1.807) is 0 Å². The van der Waals surface area contributed by atoms with Gasteiger partial charge in [-0.05, 0) is 13.3 Å². The van der Waals surface area contributed by atoms with Crippen LogP contribution in [-0.4, -0.2) is 34.8 Å². The van der Waals surface area contributed by atoms with Crippen molar-refractivity contribution in [3.8, 4) is 0 Å². The maximum Gasteiger partial charge on any atom is 0.332 e. The van der Waals surface area contributed by atoms with Crippen molar-refractivity contribution in [3.63, 3.8) is 0 Å². The summed E-state index contributed by atoms with van der Waals surface area (Å²) in [4.78, 5) is 9.45. The van der Waals surface area contributed by atoms with Gasteiger partial charge >= 0.3 is 5.97 Å². The molecule has 0 heterocycles. The number of rotatable bonds is 12.